The van der Waals surface area contributed by atoms with Gasteiger partial charge in [-0.1, -0.05) is 48.5 Å². The lowest BCUT2D eigenvalue weighted by Crippen LogP contribution is -2.10. The smallest absolute Gasteiger partial charge is 0.158 e. The summed E-state index contributed by atoms with van der Waals surface area (Å²) in [7, 11) is -3.99. The van der Waals surface area contributed by atoms with Crippen LogP contribution in [0, 0.1) is 23.3 Å². The Bertz CT molecular complexity index is 2010. The second-order valence-electron chi connectivity index (χ2n) is 10.5. The van der Waals surface area contributed by atoms with E-state index in [9.17, 15) is 17.2 Å². The summed E-state index contributed by atoms with van der Waals surface area (Å²) < 4.78 is 84.5. The summed E-state index contributed by atoms with van der Waals surface area (Å²) in [5, 5.41) is 0. The lowest BCUT2D eigenvalue weighted by Gasteiger charge is -2.13. The molecule has 45 heavy (non-hydrogen) atoms. The predicted molar refractivity (Wildman–Crippen MR) is 166 cm³/mol. The number of aromatic nitrogens is 2. The van der Waals surface area contributed by atoms with Gasteiger partial charge in [0.25, 0.3) is 0 Å². The fourth-order valence-electron chi connectivity index (χ4n) is 5.25. The first-order chi connectivity index (χ1) is 21.7. The van der Waals surface area contributed by atoms with Gasteiger partial charge in [0, 0.05) is 47.0 Å². The molecule has 0 aliphatic heterocycles. The molecule has 2 aromatic heterocycles. The van der Waals surface area contributed by atoms with Crippen LogP contribution in [-0.2, 0) is 21.3 Å². The molecule has 0 N–H and O–H groups in total. The first-order valence-corrected chi connectivity index (χ1v) is 15.7. The van der Waals surface area contributed by atoms with Crippen molar-refractivity contribution in [3.8, 4) is 44.5 Å². The molecule has 0 saturated carbocycles. The van der Waals surface area contributed by atoms with E-state index in [0.717, 1.165) is 0 Å². The summed E-state index contributed by atoms with van der Waals surface area (Å²) in [5.41, 5.74) is 4.29. The van der Waals surface area contributed by atoms with E-state index in [2.05, 4.69) is 9.97 Å². The number of hydrogen-bond donors (Lipinski definition) is 0. The lowest BCUT2D eigenvalue weighted by atomic mass is 9.96. The van der Waals surface area contributed by atoms with Crippen LogP contribution in [0.2, 0.25) is 0 Å². The van der Waals surface area contributed by atoms with E-state index in [4.69, 9.17) is 0 Å². The highest BCUT2D eigenvalue weighted by atomic mass is 32.2. The minimum atomic E-state index is -3.99. The second-order valence-corrected chi connectivity index (χ2v) is 12.6. The summed E-state index contributed by atoms with van der Waals surface area (Å²) in [5.74, 6) is -3.62. The maximum atomic E-state index is 15.3. The Morgan fingerprint density at radius 1 is 0.489 bits per heavy atom. The third-order valence-electron chi connectivity index (χ3n) is 7.39. The Hall–Kier alpha value is -5.15. The molecule has 0 fully saturated rings. The minimum Gasteiger partial charge on any atom is -0.264 e. The third kappa shape index (κ3) is 6.68. The van der Waals surface area contributed by atoms with E-state index in [1.807, 2.05) is 0 Å². The third-order valence-corrected chi connectivity index (χ3v) is 8.89. The van der Waals surface area contributed by atoms with Gasteiger partial charge >= 0.3 is 0 Å². The summed E-state index contributed by atoms with van der Waals surface area (Å²) in [4.78, 5) is 8.24. The number of halogens is 4. The van der Waals surface area contributed by atoms with Crippen molar-refractivity contribution < 1.29 is 26.0 Å². The van der Waals surface area contributed by atoms with E-state index < -0.39 is 44.6 Å². The van der Waals surface area contributed by atoms with Crippen molar-refractivity contribution in [3.63, 3.8) is 0 Å². The molecule has 0 unspecified atom stereocenters. The molecule has 0 atom stereocenters. The molecule has 0 spiro atoms. The molecule has 224 valence electrons. The average Bonchev–Trinajstić information content (AvgIpc) is 3.03. The molecule has 6 rings (SSSR count). The quantitative estimate of drug-likeness (QED) is 0.159. The van der Waals surface area contributed by atoms with E-state index in [-0.39, 0.29) is 11.1 Å². The number of benzene rings is 4. The van der Waals surface area contributed by atoms with Crippen LogP contribution in [0.1, 0.15) is 11.1 Å². The number of sulfone groups is 1. The molecule has 0 amide bonds. The summed E-state index contributed by atoms with van der Waals surface area (Å²) in [6.07, 6.45) is 6.16. The second kappa shape index (κ2) is 12.5. The Morgan fingerprint density at radius 2 is 0.911 bits per heavy atom. The highest BCUT2D eigenvalue weighted by Gasteiger charge is 2.20. The highest BCUT2D eigenvalue weighted by Crippen LogP contribution is 2.34. The van der Waals surface area contributed by atoms with Gasteiger partial charge in [-0.05, 0) is 81.9 Å². The van der Waals surface area contributed by atoms with Crippen molar-refractivity contribution in [1.82, 2.24) is 9.97 Å². The summed E-state index contributed by atoms with van der Waals surface area (Å²) >= 11 is 0. The number of pyridine rings is 2. The van der Waals surface area contributed by atoms with Crippen molar-refractivity contribution in [1.29, 1.82) is 0 Å². The van der Waals surface area contributed by atoms with Gasteiger partial charge in [0.2, 0.25) is 0 Å². The fourth-order valence-corrected chi connectivity index (χ4v) is 6.77. The standard InChI is InChI=1S/C36H24F4N2O2S/c37-29-5-1-3-23(15-29)31-11-13-41-19-33(31)25-7-9-27(35(39)17-25)21-45(43,44)22-28-10-8-26(18-36(28)40)34-20-42-14-12-32(34)24-4-2-6-30(38)16-24/h1-20H,21-22H2. The highest BCUT2D eigenvalue weighted by molar-refractivity contribution is 7.89. The molecular weight excluding hydrogens is 600 g/mol. The first-order valence-electron chi connectivity index (χ1n) is 13.8. The van der Waals surface area contributed by atoms with Gasteiger partial charge in [-0.15, -0.1) is 0 Å². The van der Waals surface area contributed by atoms with Crippen LogP contribution >= 0.6 is 0 Å². The molecule has 4 nitrogen and oxygen atoms in total. The average molecular weight is 625 g/mol. The molecule has 0 aliphatic rings. The molecule has 2 heterocycles. The van der Waals surface area contributed by atoms with E-state index in [1.54, 1.807) is 60.9 Å². The molecule has 6 aromatic rings. The van der Waals surface area contributed by atoms with Gasteiger partial charge in [0.15, 0.2) is 9.84 Å². The maximum Gasteiger partial charge on any atom is 0.158 e. The zero-order chi connectivity index (χ0) is 31.6. The largest absolute Gasteiger partial charge is 0.264 e. The van der Waals surface area contributed by atoms with Crippen molar-refractivity contribution in [2.45, 2.75) is 11.5 Å². The van der Waals surface area contributed by atoms with Crippen molar-refractivity contribution in [3.05, 3.63) is 156 Å². The van der Waals surface area contributed by atoms with Crippen LogP contribution in [0.15, 0.2) is 122 Å². The molecule has 0 saturated heterocycles. The van der Waals surface area contributed by atoms with Gasteiger partial charge in [0.05, 0.1) is 11.5 Å². The van der Waals surface area contributed by atoms with Gasteiger partial charge in [-0.25, -0.2) is 26.0 Å². The molecular formula is C36H24F4N2O2S. The van der Waals surface area contributed by atoms with E-state index >= 15 is 8.78 Å². The number of rotatable bonds is 8. The first kappa shape index (κ1) is 29.9. The van der Waals surface area contributed by atoms with Crippen LogP contribution < -0.4 is 0 Å². The topological polar surface area (TPSA) is 59.9 Å². The van der Waals surface area contributed by atoms with Gasteiger partial charge in [-0.3, -0.25) is 9.97 Å². The Morgan fingerprint density at radius 3 is 1.31 bits per heavy atom. The Labute approximate surface area is 257 Å². The van der Waals surface area contributed by atoms with Crippen LogP contribution in [0.4, 0.5) is 17.6 Å². The fraction of sp³-hybridized carbons (Fsp3) is 0.0556. The zero-order valence-corrected chi connectivity index (χ0v) is 24.4. The van der Waals surface area contributed by atoms with Crippen molar-refractivity contribution in [2.24, 2.45) is 0 Å². The monoisotopic (exact) mass is 624 g/mol. The van der Waals surface area contributed by atoms with E-state index in [1.165, 1.54) is 60.9 Å². The SMILES string of the molecule is O=S(=O)(Cc1ccc(-c2cnccc2-c2cccc(F)c2)cc1F)Cc1ccc(-c2cnccc2-c2cccc(F)c2)cc1F. The van der Waals surface area contributed by atoms with Crippen LogP contribution in [0.5, 0.6) is 0 Å². The Balaban J connectivity index is 1.23. The maximum absolute atomic E-state index is 15.3. The number of hydrogen-bond acceptors (Lipinski definition) is 4. The molecule has 9 heteroatoms. The van der Waals surface area contributed by atoms with Crippen LogP contribution in [-0.4, -0.2) is 18.4 Å². The number of nitrogens with zero attached hydrogens (tertiary/aromatic N) is 2. The van der Waals surface area contributed by atoms with Gasteiger partial charge < -0.3 is 0 Å². The van der Waals surface area contributed by atoms with E-state index in [0.29, 0.717) is 44.5 Å². The Kier molecular flexibility index (Phi) is 8.28. The minimum absolute atomic E-state index is 0.0675. The molecule has 0 aliphatic carbocycles. The van der Waals surface area contributed by atoms with Gasteiger partial charge in [0.1, 0.15) is 23.3 Å². The summed E-state index contributed by atoms with van der Waals surface area (Å²) in [6.45, 7) is 0. The van der Waals surface area contributed by atoms with Crippen molar-refractivity contribution >= 4 is 9.84 Å². The molecule has 0 radical (unpaired) electrons. The van der Waals surface area contributed by atoms with Crippen molar-refractivity contribution in [2.75, 3.05) is 0 Å². The zero-order valence-electron chi connectivity index (χ0n) is 23.6. The van der Waals surface area contributed by atoms with Crippen LogP contribution in [0.3, 0.4) is 0 Å². The van der Waals surface area contributed by atoms with Gasteiger partial charge in [-0.2, -0.15) is 0 Å². The molecule has 4 aromatic carbocycles. The molecule has 0 bridgehead atoms. The normalized spacial score (nSPS) is 11.5. The van der Waals surface area contributed by atoms with Crippen LogP contribution in [0.25, 0.3) is 44.5 Å². The predicted octanol–water partition coefficient (Wildman–Crippen LogP) is 8.82. The lowest BCUT2D eigenvalue weighted by molar-refractivity contribution is 0.581. The summed E-state index contributed by atoms with van der Waals surface area (Å²) in [6, 6.07) is 23.7.